The quantitative estimate of drug-likeness (QED) is 0.479. The topological polar surface area (TPSA) is 140 Å². The van der Waals surface area contributed by atoms with E-state index in [0.717, 1.165) is 12.8 Å². The van der Waals surface area contributed by atoms with E-state index in [9.17, 15) is 29.7 Å². The van der Waals surface area contributed by atoms with Crippen molar-refractivity contribution in [3.05, 3.63) is 51.6 Å². The molecule has 3 atom stereocenters. The second-order valence-electron chi connectivity index (χ2n) is 9.27. The number of carbonyl (C=O) groups is 3. The molecule has 0 aromatic heterocycles. The van der Waals surface area contributed by atoms with Crippen molar-refractivity contribution in [1.82, 2.24) is 0 Å². The molecule has 3 N–H and O–H groups in total. The first kappa shape index (κ1) is 23.5. The molecule has 9 heteroatoms. The molecule has 2 aromatic rings. The van der Waals surface area contributed by atoms with Gasteiger partial charge in [-0.05, 0) is 32.3 Å². The number of ether oxygens (including phenoxy) is 3. The Kier molecular flexibility index (Phi) is 5.66. The van der Waals surface area contributed by atoms with Crippen LogP contribution in [0.15, 0.2) is 18.2 Å². The number of benzene rings is 2. The Morgan fingerprint density at radius 1 is 1.09 bits per heavy atom. The zero-order chi connectivity index (χ0) is 25.1. The molecule has 1 fully saturated rings. The molecule has 0 radical (unpaired) electrons. The molecule has 0 spiro atoms. The number of aliphatic hydroxyl groups is 1. The third-order valence-electron chi connectivity index (χ3n) is 7.19. The summed E-state index contributed by atoms with van der Waals surface area (Å²) in [5.41, 5.74) is -2.53. The van der Waals surface area contributed by atoms with Gasteiger partial charge in [-0.15, -0.1) is 0 Å². The first-order valence-electron chi connectivity index (χ1n) is 11.6. The molecule has 0 bridgehead atoms. The Morgan fingerprint density at radius 3 is 2.49 bits per heavy atom. The highest BCUT2D eigenvalue weighted by atomic mass is 16.7. The van der Waals surface area contributed by atoms with E-state index in [1.165, 1.54) is 26.2 Å². The van der Waals surface area contributed by atoms with Gasteiger partial charge >= 0.3 is 0 Å². The molecule has 0 unspecified atom stereocenters. The molecule has 9 nitrogen and oxygen atoms in total. The summed E-state index contributed by atoms with van der Waals surface area (Å²) in [4.78, 5) is 39.4. The Balaban J connectivity index is 1.72. The predicted molar refractivity (Wildman–Crippen MR) is 121 cm³/mol. The highest BCUT2D eigenvalue weighted by molar-refractivity contribution is 6.31. The van der Waals surface area contributed by atoms with Crippen LogP contribution in [0.1, 0.15) is 81.7 Å². The molecule has 5 rings (SSSR count). The van der Waals surface area contributed by atoms with Crippen LogP contribution in [0.25, 0.3) is 0 Å². The lowest BCUT2D eigenvalue weighted by Crippen LogP contribution is -2.45. The average Bonchev–Trinajstić information content (AvgIpc) is 2.84. The summed E-state index contributed by atoms with van der Waals surface area (Å²) in [6.07, 6.45) is 0.0395. The Bertz CT molecular complexity index is 1260. The molecule has 1 saturated heterocycles. The number of phenolic OH excluding ortho intramolecular Hbond substituents is 2. The summed E-state index contributed by atoms with van der Waals surface area (Å²) in [7, 11) is 1.36. The van der Waals surface area contributed by atoms with Crippen LogP contribution in [0, 0.1) is 0 Å². The number of fused-ring (bicyclic) bond motifs is 3. The molecule has 184 valence electrons. The van der Waals surface area contributed by atoms with Crippen LogP contribution in [0.3, 0.4) is 0 Å². The molecule has 1 aliphatic heterocycles. The number of hydrogen-bond donors (Lipinski definition) is 3. The normalized spacial score (nSPS) is 25.5. The summed E-state index contributed by atoms with van der Waals surface area (Å²) < 4.78 is 17.0. The minimum absolute atomic E-state index is 0.00138. The van der Waals surface area contributed by atoms with Crippen LogP contribution in [-0.2, 0) is 20.7 Å². The van der Waals surface area contributed by atoms with Crippen LogP contribution in [-0.4, -0.2) is 58.3 Å². The van der Waals surface area contributed by atoms with E-state index in [1.807, 2.05) is 0 Å². The van der Waals surface area contributed by atoms with Crippen LogP contribution < -0.4 is 4.74 Å². The lowest BCUT2D eigenvalue weighted by Gasteiger charge is -2.40. The van der Waals surface area contributed by atoms with E-state index >= 15 is 0 Å². The Hall–Kier alpha value is -3.27. The van der Waals surface area contributed by atoms with Gasteiger partial charge < -0.3 is 29.5 Å². The third-order valence-corrected chi connectivity index (χ3v) is 7.19. The maximum atomic E-state index is 13.6. The van der Waals surface area contributed by atoms with E-state index < -0.39 is 46.8 Å². The second kappa shape index (κ2) is 8.44. The number of hydrogen-bond acceptors (Lipinski definition) is 9. The number of rotatable bonds is 4. The lowest BCUT2D eigenvalue weighted by molar-refractivity contribution is -0.203. The van der Waals surface area contributed by atoms with Crippen molar-refractivity contribution in [2.45, 2.75) is 57.0 Å². The first-order chi connectivity index (χ1) is 16.7. The zero-order valence-electron chi connectivity index (χ0n) is 19.4. The van der Waals surface area contributed by atoms with Crippen molar-refractivity contribution in [3.63, 3.8) is 0 Å². The summed E-state index contributed by atoms with van der Waals surface area (Å²) >= 11 is 0. The van der Waals surface area contributed by atoms with Gasteiger partial charge in [0, 0.05) is 36.1 Å². The van der Waals surface area contributed by atoms with Gasteiger partial charge in [-0.3, -0.25) is 14.4 Å². The highest BCUT2D eigenvalue weighted by Crippen LogP contribution is 2.52. The molecular formula is C26H26O9. The predicted octanol–water partition coefficient (Wildman–Crippen LogP) is 2.73. The summed E-state index contributed by atoms with van der Waals surface area (Å²) in [5, 5.41) is 33.8. The van der Waals surface area contributed by atoms with Crippen molar-refractivity contribution in [3.8, 4) is 17.2 Å². The van der Waals surface area contributed by atoms with Gasteiger partial charge in [0.15, 0.2) is 17.9 Å². The van der Waals surface area contributed by atoms with Crippen molar-refractivity contribution in [2.75, 3.05) is 13.7 Å². The highest BCUT2D eigenvalue weighted by Gasteiger charge is 2.48. The standard InChI is InChI=1S/C26H26O9/c1-12(27)26(32)10-14-19(16(11-26)35-17-8-3-4-9-34-17)25(31)21-20(23(14)29)22(28)13-6-5-7-15(33-2)18(13)24(21)30/h5-7,16-17,29,31-32H,3-4,8-11H2,1-2H3/t16-,17-,26-/m0/s1. The second-order valence-corrected chi connectivity index (χ2v) is 9.27. The maximum Gasteiger partial charge on any atom is 0.202 e. The van der Waals surface area contributed by atoms with E-state index in [1.54, 1.807) is 6.07 Å². The Morgan fingerprint density at radius 2 is 1.83 bits per heavy atom. The summed E-state index contributed by atoms with van der Waals surface area (Å²) in [6.45, 7) is 1.71. The zero-order valence-corrected chi connectivity index (χ0v) is 19.4. The number of Topliss-reactive ketones (excluding diaryl/α,β-unsaturated/α-hetero) is 1. The van der Waals surface area contributed by atoms with Gasteiger partial charge in [-0.1, -0.05) is 12.1 Å². The fraction of sp³-hybridized carbons (Fsp3) is 0.423. The molecule has 1 heterocycles. The lowest BCUT2D eigenvalue weighted by atomic mass is 9.72. The molecule has 0 amide bonds. The molecule has 2 aliphatic carbocycles. The van der Waals surface area contributed by atoms with Crippen molar-refractivity contribution < 1.29 is 43.9 Å². The third kappa shape index (κ3) is 3.53. The number of phenols is 2. The van der Waals surface area contributed by atoms with Crippen molar-refractivity contribution in [1.29, 1.82) is 0 Å². The molecule has 3 aliphatic rings. The van der Waals surface area contributed by atoms with Gasteiger partial charge in [-0.2, -0.15) is 0 Å². The van der Waals surface area contributed by atoms with Gasteiger partial charge in [-0.25, -0.2) is 0 Å². The molecule has 2 aromatic carbocycles. The van der Waals surface area contributed by atoms with Gasteiger partial charge in [0.2, 0.25) is 5.78 Å². The van der Waals surface area contributed by atoms with Gasteiger partial charge in [0.25, 0.3) is 0 Å². The van der Waals surface area contributed by atoms with Crippen molar-refractivity contribution >= 4 is 17.3 Å². The minimum atomic E-state index is -1.90. The summed E-state index contributed by atoms with van der Waals surface area (Å²) in [5.74, 6) is -2.81. The van der Waals surface area contributed by atoms with Crippen molar-refractivity contribution in [2.24, 2.45) is 0 Å². The van der Waals surface area contributed by atoms with Crippen LogP contribution in [0.5, 0.6) is 17.2 Å². The van der Waals surface area contributed by atoms with E-state index in [0.29, 0.717) is 13.0 Å². The number of aromatic hydroxyl groups is 2. The summed E-state index contributed by atoms with van der Waals surface area (Å²) in [6, 6.07) is 4.52. The number of carbonyl (C=O) groups excluding carboxylic acids is 3. The fourth-order valence-electron chi connectivity index (χ4n) is 5.30. The molecule has 0 saturated carbocycles. The van der Waals surface area contributed by atoms with E-state index in [-0.39, 0.29) is 52.0 Å². The van der Waals surface area contributed by atoms with Gasteiger partial charge in [0.05, 0.1) is 29.9 Å². The van der Waals surface area contributed by atoms with Crippen LogP contribution in [0.4, 0.5) is 0 Å². The van der Waals surface area contributed by atoms with Crippen LogP contribution >= 0.6 is 0 Å². The number of methoxy groups -OCH3 is 1. The number of ketones is 3. The van der Waals surface area contributed by atoms with E-state index in [2.05, 4.69) is 0 Å². The Labute approximate surface area is 201 Å². The average molecular weight is 482 g/mol. The van der Waals surface area contributed by atoms with Gasteiger partial charge in [0.1, 0.15) is 22.8 Å². The molecular weight excluding hydrogens is 456 g/mol. The smallest absolute Gasteiger partial charge is 0.202 e. The fourth-order valence-corrected chi connectivity index (χ4v) is 5.30. The minimum Gasteiger partial charge on any atom is -0.507 e. The van der Waals surface area contributed by atoms with E-state index in [4.69, 9.17) is 14.2 Å². The largest absolute Gasteiger partial charge is 0.507 e. The van der Waals surface area contributed by atoms with Crippen LogP contribution in [0.2, 0.25) is 0 Å². The monoisotopic (exact) mass is 482 g/mol. The maximum absolute atomic E-state index is 13.6. The first-order valence-corrected chi connectivity index (χ1v) is 11.6. The molecule has 35 heavy (non-hydrogen) atoms. The SMILES string of the molecule is COc1cccc2c1C(=O)c1c(O)c3c(c(O)c1C2=O)C[C@@](O)(C(C)=O)C[C@@H]3O[C@H]1CCCCO1.